The van der Waals surface area contributed by atoms with Crippen LogP contribution >= 0.6 is 0 Å². The average Bonchev–Trinajstić information content (AvgIpc) is 2.75. The van der Waals surface area contributed by atoms with Gasteiger partial charge < -0.3 is 10.1 Å². The van der Waals surface area contributed by atoms with Crippen molar-refractivity contribution in [3.05, 3.63) is 59.3 Å². The van der Waals surface area contributed by atoms with Gasteiger partial charge in [0.2, 0.25) is 11.8 Å². The van der Waals surface area contributed by atoms with Crippen molar-refractivity contribution in [3.8, 4) is 17.1 Å². The van der Waals surface area contributed by atoms with Gasteiger partial charge in [-0.2, -0.15) is 10.1 Å². The molecular weight excluding hydrogens is 356 g/mol. The third-order valence-corrected chi connectivity index (χ3v) is 5.02. The number of anilines is 1. The molecule has 0 aliphatic heterocycles. The van der Waals surface area contributed by atoms with Crippen LogP contribution in [0.1, 0.15) is 31.7 Å². The lowest BCUT2D eigenvalue weighted by molar-refractivity contribution is 0.304. The van der Waals surface area contributed by atoms with Crippen LogP contribution in [0.4, 0.5) is 5.95 Å². The molecule has 144 valence electrons. The minimum Gasteiger partial charge on any atom is -0.481 e. The molecule has 8 heteroatoms. The monoisotopic (exact) mass is 378 g/mol. The standard InChI is InChI=1S/C20H22N6O2/c1-28-18-10-13-22-20(24-18)23-15-2-4-16(5-3-15)26-19(27)7-6-17(25-26)14-8-11-21-12-9-14/h6-13,15-16H,2-5H2,1H3,(H,22,23,24). The van der Waals surface area contributed by atoms with E-state index in [1.165, 1.54) is 0 Å². The Morgan fingerprint density at radius 2 is 1.82 bits per heavy atom. The molecule has 4 rings (SSSR count). The first-order chi connectivity index (χ1) is 13.7. The topological polar surface area (TPSA) is 94.8 Å². The first-order valence-electron chi connectivity index (χ1n) is 9.37. The van der Waals surface area contributed by atoms with Crippen LogP contribution in [0, 0.1) is 0 Å². The van der Waals surface area contributed by atoms with E-state index in [1.807, 2.05) is 12.1 Å². The van der Waals surface area contributed by atoms with Gasteiger partial charge in [-0.05, 0) is 43.9 Å². The maximum atomic E-state index is 12.4. The highest BCUT2D eigenvalue weighted by Crippen LogP contribution is 2.29. The van der Waals surface area contributed by atoms with Gasteiger partial charge in [0.1, 0.15) is 0 Å². The normalized spacial score (nSPS) is 19.2. The number of pyridine rings is 1. The van der Waals surface area contributed by atoms with Gasteiger partial charge >= 0.3 is 0 Å². The highest BCUT2D eigenvalue weighted by molar-refractivity contribution is 5.57. The zero-order valence-corrected chi connectivity index (χ0v) is 15.7. The number of nitrogens with one attached hydrogen (secondary N) is 1. The van der Waals surface area contributed by atoms with E-state index in [0.29, 0.717) is 11.8 Å². The maximum absolute atomic E-state index is 12.4. The quantitative estimate of drug-likeness (QED) is 0.729. The van der Waals surface area contributed by atoms with E-state index in [2.05, 4.69) is 25.4 Å². The minimum atomic E-state index is -0.0645. The number of ether oxygens (including phenoxy) is 1. The summed E-state index contributed by atoms with van der Waals surface area (Å²) in [4.78, 5) is 25.0. The fraction of sp³-hybridized carbons (Fsp3) is 0.350. The first-order valence-corrected chi connectivity index (χ1v) is 9.37. The Labute approximate surface area is 162 Å². The van der Waals surface area contributed by atoms with Gasteiger partial charge in [0.25, 0.3) is 5.56 Å². The predicted octanol–water partition coefficient (Wildman–Crippen LogP) is 2.70. The van der Waals surface area contributed by atoms with Gasteiger partial charge in [-0.1, -0.05) is 0 Å². The van der Waals surface area contributed by atoms with Crippen molar-refractivity contribution in [3.63, 3.8) is 0 Å². The van der Waals surface area contributed by atoms with E-state index in [4.69, 9.17) is 4.74 Å². The molecule has 0 atom stereocenters. The second kappa shape index (κ2) is 8.16. The zero-order valence-electron chi connectivity index (χ0n) is 15.7. The minimum absolute atomic E-state index is 0.0645. The summed E-state index contributed by atoms with van der Waals surface area (Å²) in [5.41, 5.74) is 1.67. The van der Waals surface area contributed by atoms with Crippen molar-refractivity contribution >= 4 is 5.95 Å². The molecule has 8 nitrogen and oxygen atoms in total. The lowest BCUT2D eigenvalue weighted by atomic mass is 9.91. The van der Waals surface area contributed by atoms with E-state index in [9.17, 15) is 4.79 Å². The molecule has 3 heterocycles. The van der Waals surface area contributed by atoms with Crippen LogP contribution < -0.4 is 15.6 Å². The number of nitrogens with zero attached hydrogens (tertiary/aromatic N) is 5. The molecule has 3 aromatic heterocycles. The van der Waals surface area contributed by atoms with Crippen molar-refractivity contribution < 1.29 is 4.74 Å². The lowest BCUT2D eigenvalue weighted by Gasteiger charge is -2.29. The highest BCUT2D eigenvalue weighted by atomic mass is 16.5. The number of hydrogen-bond donors (Lipinski definition) is 1. The molecule has 0 amide bonds. The Balaban J connectivity index is 1.44. The van der Waals surface area contributed by atoms with Gasteiger partial charge in [0.15, 0.2) is 0 Å². The van der Waals surface area contributed by atoms with E-state index in [0.717, 1.165) is 36.9 Å². The summed E-state index contributed by atoms with van der Waals surface area (Å²) >= 11 is 0. The SMILES string of the molecule is COc1ccnc(NC2CCC(n3nc(-c4ccncc4)ccc3=O)CC2)n1. The van der Waals surface area contributed by atoms with Gasteiger partial charge in [0.05, 0.1) is 18.8 Å². The molecule has 1 saturated carbocycles. The second-order valence-electron chi connectivity index (χ2n) is 6.81. The van der Waals surface area contributed by atoms with Gasteiger partial charge in [-0.15, -0.1) is 0 Å². The molecule has 0 radical (unpaired) electrons. The van der Waals surface area contributed by atoms with E-state index < -0.39 is 0 Å². The summed E-state index contributed by atoms with van der Waals surface area (Å²) < 4.78 is 6.77. The molecule has 1 aliphatic carbocycles. The molecular formula is C20H22N6O2. The first kappa shape index (κ1) is 18.1. The summed E-state index contributed by atoms with van der Waals surface area (Å²) in [5.74, 6) is 1.10. The zero-order chi connectivity index (χ0) is 19.3. The molecule has 0 spiro atoms. The van der Waals surface area contributed by atoms with Crippen LogP contribution in [-0.2, 0) is 0 Å². The van der Waals surface area contributed by atoms with Crippen LogP contribution in [0.5, 0.6) is 5.88 Å². The van der Waals surface area contributed by atoms with E-state index in [1.54, 1.807) is 48.6 Å². The third kappa shape index (κ3) is 4.00. The smallest absolute Gasteiger partial charge is 0.267 e. The van der Waals surface area contributed by atoms with Gasteiger partial charge in [-0.25, -0.2) is 9.67 Å². The fourth-order valence-electron chi connectivity index (χ4n) is 3.54. The molecule has 1 aliphatic rings. The predicted molar refractivity (Wildman–Crippen MR) is 105 cm³/mol. The summed E-state index contributed by atoms with van der Waals surface area (Å²) in [6, 6.07) is 9.23. The summed E-state index contributed by atoms with van der Waals surface area (Å²) in [7, 11) is 1.59. The van der Waals surface area contributed by atoms with Crippen LogP contribution in [0.25, 0.3) is 11.3 Å². The summed E-state index contributed by atoms with van der Waals surface area (Å²) in [6.07, 6.45) is 8.70. The largest absolute Gasteiger partial charge is 0.481 e. The Morgan fingerprint density at radius 1 is 1.04 bits per heavy atom. The number of methoxy groups -OCH3 is 1. The maximum Gasteiger partial charge on any atom is 0.267 e. The number of hydrogen-bond acceptors (Lipinski definition) is 7. The summed E-state index contributed by atoms with van der Waals surface area (Å²) in [5, 5.41) is 7.98. The molecule has 28 heavy (non-hydrogen) atoms. The van der Waals surface area contributed by atoms with E-state index in [-0.39, 0.29) is 17.6 Å². The second-order valence-corrected chi connectivity index (χ2v) is 6.81. The Morgan fingerprint density at radius 3 is 2.57 bits per heavy atom. The fourth-order valence-corrected chi connectivity index (χ4v) is 3.54. The summed E-state index contributed by atoms with van der Waals surface area (Å²) in [6.45, 7) is 0. The average molecular weight is 378 g/mol. The van der Waals surface area contributed by atoms with Crippen LogP contribution in [-0.4, -0.2) is 37.9 Å². The molecule has 0 saturated heterocycles. The number of aromatic nitrogens is 5. The third-order valence-electron chi connectivity index (χ3n) is 5.02. The highest BCUT2D eigenvalue weighted by Gasteiger charge is 2.24. The van der Waals surface area contributed by atoms with Crippen molar-refractivity contribution in [1.29, 1.82) is 0 Å². The lowest BCUT2D eigenvalue weighted by Crippen LogP contribution is -2.33. The van der Waals surface area contributed by atoms with Gasteiger partial charge in [-0.3, -0.25) is 9.78 Å². The van der Waals surface area contributed by atoms with Crippen molar-refractivity contribution in [2.45, 2.75) is 37.8 Å². The Bertz CT molecular complexity index is 983. The molecule has 0 aromatic carbocycles. The molecule has 0 unspecified atom stereocenters. The van der Waals surface area contributed by atoms with Crippen molar-refractivity contribution in [2.24, 2.45) is 0 Å². The van der Waals surface area contributed by atoms with Crippen LogP contribution in [0.2, 0.25) is 0 Å². The van der Waals surface area contributed by atoms with Crippen molar-refractivity contribution in [1.82, 2.24) is 24.7 Å². The molecule has 1 fully saturated rings. The number of rotatable bonds is 5. The molecule has 3 aromatic rings. The van der Waals surface area contributed by atoms with Crippen molar-refractivity contribution in [2.75, 3.05) is 12.4 Å². The molecule has 0 bridgehead atoms. The van der Waals surface area contributed by atoms with Crippen LogP contribution in [0.3, 0.4) is 0 Å². The van der Waals surface area contributed by atoms with Crippen LogP contribution in [0.15, 0.2) is 53.7 Å². The van der Waals surface area contributed by atoms with E-state index >= 15 is 0 Å². The Kier molecular flexibility index (Phi) is 5.27. The molecule has 1 N–H and O–H groups in total. The Hall–Kier alpha value is -3.29. The van der Waals surface area contributed by atoms with Gasteiger partial charge in [0, 0.05) is 42.3 Å².